The largest absolute Gasteiger partial charge is 0.486 e. The van der Waals surface area contributed by atoms with Gasteiger partial charge in [-0.2, -0.15) is 0 Å². The molecule has 0 radical (unpaired) electrons. The summed E-state index contributed by atoms with van der Waals surface area (Å²) in [6.07, 6.45) is 0. The third kappa shape index (κ3) is 5.40. The molecule has 0 aliphatic heterocycles. The molecule has 8 heteroatoms. The maximum Gasteiger partial charge on any atom is 0.147 e. The van der Waals surface area contributed by atoms with E-state index in [9.17, 15) is 13.9 Å². The Morgan fingerprint density at radius 1 is 1.14 bits per heavy atom. The summed E-state index contributed by atoms with van der Waals surface area (Å²) >= 11 is 0. The number of nitrogens with zero attached hydrogens (tertiary/aromatic N) is 2. The highest BCUT2D eigenvalue weighted by atomic mass is 28.3. The molecule has 1 N–H and O–H groups in total. The van der Waals surface area contributed by atoms with E-state index in [1.165, 1.54) is 12.1 Å². The van der Waals surface area contributed by atoms with Crippen LogP contribution in [0.4, 0.5) is 8.78 Å². The van der Waals surface area contributed by atoms with Crippen LogP contribution in [-0.2, 0) is 24.7 Å². The van der Waals surface area contributed by atoms with Gasteiger partial charge in [-0.25, -0.2) is 13.8 Å². The first-order chi connectivity index (χ1) is 13.8. The first-order valence-corrected chi connectivity index (χ1v) is 13.2. The van der Waals surface area contributed by atoms with E-state index in [2.05, 4.69) is 24.6 Å². The molecule has 3 rings (SSSR count). The molecule has 0 amide bonds. The summed E-state index contributed by atoms with van der Waals surface area (Å²) in [5.74, 6) is -0.359. The van der Waals surface area contributed by atoms with Crippen LogP contribution in [0, 0.1) is 11.6 Å². The average Bonchev–Trinajstić information content (AvgIpc) is 3.02. The highest BCUT2D eigenvalue weighted by Gasteiger charge is 2.16. The van der Waals surface area contributed by atoms with Crippen LogP contribution in [0.1, 0.15) is 11.4 Å². The summed E-state index contributed by atoms with van der Waals surface area (Å²) in [6, 6.07) is 9.83. The van der Waals surface area contributed by atoms with E-state index in [1.54, 1.807) is 12.1 Å². The van der Waals surface area contributed by atoms with Gasteiger partial charge in [0.05, 0.1) is 5.52 Å². The monoisotopic (exact) mass is 420 g/mol. The summed E-state index contributed by atoms with van der Waals surface area (Å²) in [6.45, 7) is 7.51. The number of hydrogen-bond donors (Lipinski definition) is 1. The van der Waals surface area contributed by atoms with Crippen LogP contribution < -0.4 is 4.74 Å². The van der Waals surface area contributed by atoms with E-state index >= 15 is 0 Å². The Hall–Kier alpha value is -2.29. The Morgan fingerprint density at radius 2 is 1.93 bits per heavy atom. The number of ether oxygens (including phenoxy) is 2. The van der Waals surface area contributed by atoms with Gasteiger partial charge in [0.25, 0.3) is 0 Å². The molecular formula is C21H26F2N2O3Si. The van der Waals surface area contributed by atoms with Gasteiger partial charge in [-0.1, -0.05) is 25.7 Å². The van der Waals surface area contributed by atoms with Crippen LogP contribution in [0.5, 0.6) is 5.75 Å². The Bertz CT molecular complexity index is 986. The van der Waals surface area contributed by atoms with Crippen LogP contribution in [0.2, 0.25) is 25.7 Å². The fourth-order valence-electron chi connectivity index (χ4n) is 2.88. The number of aromatic nitrogens is 2. The van der Waals surface area contributed by atoms with E-state index in [4.69, 9.17) is 9.47 Å². The number of hydrogen-bond acceptors (Lipinski definition) is 4. The van der Waals surface area contributed by atoms with Crippen molar-refractivity contribution < 1.29 is 23.4 Å². The van der Waals surface area contributed by atoms with Gasteiger partial charge in [0, 0.05) is 26.3 Å². The molecule has 5 nitrogen and oxygen atoms in total. The van der Waals surface area contributed by atoms with Crippen molar-refractivity contribution in [1.29, 1.82) is 0 Å². The zero-order valence-electron chi connectivity index (χ0n) is 16.9. The van der Waals surface area contributed by atoms with Crippen LogP contribution in [0.15, 0.2) is 36.4 Å². The molecule has 1 aromatic heterocycles. The maximum absolute atomic E-state index is 13.9. The molecule has 0 spiro atoms. The van der Waals surface area contributed by atoms with Crippen LogP contribution in [0.3, 0.4) is 0 Å². The Morgan fingerprint density at radius 3 is 2.62 bits per heavy atom. The highest BCUT2D eigenvalue weighted by molar-refractivity contribution is 6.76. The van der Waals surface area contributed by atoms with Crippen molar-refractivity contribution in [1.82, 2.24) is 9.55 Å². The van der Waals surface area contributed by atoms with Gasteiger partial charge in [0.15, 0.2) is 0 Å². The average molecular weight is 421 g/mol. The van der Waals surface area contributed by atoms with Gasteiger partial charge in [0.1, 0.15) is 48.7 Å². The molecule has 0 atom stereocenters. The number of aliphatic hydroxyl groups is 1. The third-order valence-electron chi connectivity index (χ3n) is 4.58. The Labute approximate surface area is 169 Å². The predicted octanol–water partition coefficient (Wildman–Crippen LogP) is 4.70. The summed E-state index contributed by atoms with van der Waals surface area (Å²) in [5, 5.41) is 9.71. The number of halogens is 2. The molecule has 1 heterocycles. The topological polar surface area (TPSA) is 56.5 Å². The van der Waals surface area contributed by atoms with Gasteiger partial charge >= 0.3 is 0 Å². The number of benzene rings is 2. The maximum atomic E-state index is 13.9. The standard InChI is InChI=1S/C21H26F2N2O3Si/c1-29(2,3)10-9-27-14-25-18-5-4-6-19(21(18)24-20(25)12-26)28-13-15-7-8-16(22)11-17(15)23/h4-8,11,26H,9-10,12-14H2,1-3H3. The van der Waals surface area contributed by atoms with Gasteiger partial charge in [0.2, 0.25) is 0 Å². The molecule has 0 aliphatic rings. The molecule has 0 saturated heterocycles. The fraction of sp³-hybridized carbons (Fsp3) is 0.381. The minimum Gasteiger partial charge on any atom is -0.486 e. The fourth-order valence-corrected chi connectivity index (χ4v) is 3.64. The summed E-state index contributed by atoms with van der Waals surface area (Å²) in [4.78, 5) is 4.47. The lowest BCUT2D eigenvalue weighted by atomic mass is 10.2. The second-order valence-corrected chi connectivity index (χ2v) is 13.7. The smallest absolute Gasteiger partial charge is 0.147 e. The lowest BCUT2D eigenvalue weighted by Gasteiger charge is -2.16. The third-order valence-corrected chi connectivity index (χ3v) is 6.28. The number of para-hydroxylation sites is 1. The molecule has 0 bridgehead atoms. The summed E-state index contributed by atoms with van der Waals surface area (Å²) in [5.41, 5.74) is 1.58. The molecule has 3 aromatic rings. The van der Waals surface area contributed by atoms with Crippen molar-refractivity contribution in [2.24, 2.45) is 0 Å². The second-order valence-electron chi connectivity index (χ2n) is 8.11. The number of aliphatic hydroxyl groups excluding tert-OH is 1. The summed E-state index contributed by atoms with van der Waals surface area (Å²) in [7, 11) is -1.19. The zero-order valence-corrected chi connectivity index (χ0v) is 17.9. The normalized spacial score (nSPS) is 11.9. The van der Waals surface area contributed by atoms with Crippen molar-refractivity contribution >= 4 is 19.1 Å². The Balaban J connectivity index is 1.78. The van der Waals surface area contributed by atoms with Crippen LogP contribution in [-0.4, -0.2) is 29.3 Å². The van der Waals surface area contributed by atoms with Gasteiger partial charge in [-0.3, -0.25) is 0 Å². The molecule has 0 aliphatic carbocycles. The van der Waals surface area contributed by atoms with E-state index < -0.39 is 19.7 Å². The van der Waals surface area contributed by atoms with Crippen molar-refractivity contribution in [2.75, 3.05) is 6.61 Å². The molecule has 2 aromatic carbocycles. The first kappa shape index (κ1) is 21.4. The Kier molecular flexibility index (Phi) is 6.66. The predicted molar refractivity (Wildman–Crippen MR) is 110 cm³/mol. The SMILES string of the molecule is C[Si](C)(C)CCOCn1c(CO)nc2c(OCc3ccc(F)cc3F)cccc21. The molecule has 156 valence electrons. The minimum atomic E-state index is -1.19. The summed E-state index contributed by atoms with van der Waals surface area (Å²) < 4.78 is 40.3. The van der Waals surface area contributed by atoms with Crippen molar-refractivity contribution in [3.8, 4) is 5.75 Å². The lowest BCUT2D eigenvalue weighted by molar-refractivity contribution is 0.0845. The van der Waals surface area contributed by atoms with Crippen molar-refractivity contribution in [3.05, 3.63) is 59.4 Å². The number of imidazole rings is 1. The minimum absolute atomic E-state index is 0.0563. The van der Waals surface area contributed by atoms with Crippen LogP contribution in [0.25, 0.3) is 11.0 Å². The molecule has 0 saturated carbocycles. The first-order valence-electron chi connectivity index (χ1n) is 9.52. The van der Waals surface area contributed by atoms with E-state index in [0.717, 1.165) is 17.6 Å². The molecule has 0 unspecified atom stereocenters. The van der Waals surface area contributed by atoms with E-state index in [0.29, 0.717) is 23.7 Å². The van der Waals surface area contributed by atoms with Gasteiger partial charge in [-0.15, -0.1) is 0 Å². The second kappa shape index (κ2) is 9.02. The molecular weight excluding hydrogens is 394 g/mol. The highest BCUT2D eigenvalue weighted by Crippen LogP contribution is 2.27. The number of fused-ring (bicyclic) bond motifs is 1. The zero-order chi connectivity index (χ0) is 21.0. The van der Waals surface area contributed by atoms with Gasteiger partial charge in [-0.05, 0) is 30.3 Å². The van der Waals surface area contributed by atoms with Crippen LogP contribution >= 0.6 is 0 Å². The molecule has 29 heavy (non-hydrogen) atoms. The van der Waals surface area contributed by atoms with Gasteiger partial charge < -0.3 is 19.1 Å². The van der Waals surface area contributed by atoms with Crippen molar-refractivity contribution in [3.63, 3.8) is 0 Å². The van der Waals surface area contributed by atoms with E-state index in [-0.39, 0.29) is 25.5 Å². The van der Waals surface area contributed by atoms with Crippen molar-refractivity contribution in [2.45, 2.75) is 45.6 Å². The quantitative estimate of drug-likeness (QED) is 0.403. The van der Waals surface area contributed by atoms with E-state index in [1.807, 2.05) is 10.6 Å². The lowest BCUT2D eigenvalue weighted by Crippen LogP contribution is -2.22. The molecule has 0 fully saturated rings. The number of rotatable bonds is 9.